The molecule has 7 saturated carbocycles. The Bertz CT molecular complexity index is 714. The Kier molecular flexibility index (Phi) is 1.53. The van der Waals surface area contributed by atoms with Gasteiger partial charge in [0.25, 0.3) is 0 Å². The maximum atomic E-state index is 16.8. The van der Waals surface area contributed by atoms with Gasteiger partial charge in [-0.1, -0.05) is 12.2 Å². The number of fused-ring (bicyclic) bond motifs is 1. The molecule has 3 heteroatoms. The normalized spacial score (nSPS) is 79.2. The maximum absolute atomic E-state index is 16.8. The molecule has 9 aliphatic rings. The van der Waals surface area contributed by atoms with Crippen molar-refractivity contribution in [1.29, 1.82) is 0 Å². The van der Waals surface area contributed by atoms with Crippen molar-refractivity contribution in [2.75, 3.05) is 0 Å². The summed E-state index contributed by atoms with van der Waals surface area (Å²) in [5, 5.41) is 0. The number of aldehydes is 1. The number of ether oxygens (including phenoxy) is 1. The number of carbonyl (C=O) groups is 1. The first-order valence-electron chi connectivity index (χ1n) is 9.72. The molecule has 0 aromatic rings. The molecular weight excluding hydrogens is 291 g/mol. The fourth-order valence-corrected chi connectivity index (χ4v) is 10.8. The summed E-state index contributed by atoms with van der Waals surface area (Å²) in [5.74, 6) is 4.21. The van der Waals surface area contributed by atoms with E-state index in [1.54, 1.807) is 0 Å². The average Bonchev–Trinajstić information content (AvgIpc) is 3.25. The van der Waals surface area contributed by atoms with Crippen molar-refractivity contribution in [3.05, 3.63) is 12.2 Å². The van der Waals surface area contributed by atoms with Crippen molar-refractivity contribution in [3.8, 4) is 0 Å². The third kappa shape index (κ3) is 0.773. The van der Waals surface area contributed by atoms with Crippen LogP contribution in [0.3, 0.4) is 0 Å². The topological polar surface area (TPSA) is 26.3 Å². The quantitative estimate of drug-likeness (QED) is 0.549. The Morgan fingerprint density at radius 3 is 2.78 bits per heavy atom. The zero-order chi connectivity index (χ0) is 14.9. The summed E-state index contributed by atoms with van der Waals surface area (Å²) in [4.78, 5) is 12.6. The molecule has 0 amide bonds. The SMILES string of the molecule is O=C[C@@]12[C@@H]3[C@@H]4CC[C@H]5O[C@H]1[C@]1(F)[C@H]([C@@H]45)[C@@H]3[C@@H]3[C@@H]1[C@H]1CC=C[C@H]1[C@@H]32. The lowest BCUT2D eigenvalue weighted by Crippen LogP contribution is -2.67. The molecular formula is C20H21FO2. The van der Waals surface area contributed by atoms with Gasteiger partial charge < -0.3 is 9.53 Å². The number of hydrogen-bond acceptors (Lipinski definition) is 2. The highest BCUT2D eigenvalue weighted by Gasteiger charge is 2.94. The fourth-order valence-electron chi connectivity index (χ4n) is 10.8. The predicted molar refractivity (Wildman–Crippen MR) is 78.9 cm³/mol. The van der Waals surface area contributed by atoms with Crippen LogP contribution >= 0.6 is 0 Å². The summed E-state index contributed by atoms with van der Waals surface area (Å²) in [7, 11) is 0. The summed E-state index contributed by atoms with van der Waals surface area (Å²) in [5.41, 5.74) is -1.67. The molecule has 23 heavy (non-hydrogen) atoms. The van der Waals surface area contributed by atoms with Gasteiger partial charge in [0, 0.05) is 11.8 Å². The van der Waals surface area contributed by atoms with Crippen molar-refractivity contribution in [3.63, 3.8) is 0 Å². The van der Waals surface area contributed by atoms with Crippen LogP contribution in [0.4, 0.5) is 4.39 Å². The van der Waals surface area contributed by atoms with E-state index >= 15 is 4.39 Å². The zero-order valence-corrected chi connectivity index (χ0v) is 13.0. The fraction of sp³-hybridized carbons (Fsp3) is 0.850. The molecule has 1 saturated heterocycles. The molecule has 0 unspecified atom stereocenters. The highest BCUT2D eigenvalue weighted by Crippen LogP contribution is 2.90. The van der Waals surface area contributed by atoms with E-state index in [1.165, 1.54) is 12.7 Å². The Labute approximate surface area is 134 Å². The number of halogens is 1. The van der Waals surface area contributed by atoms with E-state index in [9.17, 15) is 4.79 Å². The summed E-state index contributed by atoms with van der Waals surface area (Å²) in [6.45, 7) is 0. The largest absolute Gasteiger partial charge is 0.370 e. The average molecular weight is 312 g/mol. The van der Waals surface area contributed by atoms with Crippen LogP contribution in [0, 0.1) is 64.6 Å². The molecule has 0 spiro atoms. The lowest BCUT2D eigenvalue weighted by Gasteiger charge is -2.57. The van der Waals surface area contributed by atoms with E-state index in [4.69, 9.17) is 4.74 Å². The van der Waals surface area contributed by atoms with Crippen LogP contribution in [0.25, 0.3) is 0 Å². The first-order valence-corrected chi connectivity index (χ1v) is 9.72. The standard InChI is InChI=1S/C20H21FO2/c21-20-16-8-3-1-2-7(8)14-12(16)13-15-9-4-5-10(11(9)17(13)20)23-18(20)19(14,15)6-22/h1-2,6-18H,3-5H2/t7-,8+,9-,10-,11+,12+,13-,14+,15-,16+,17-,18-,19-,20-/m1/s1. The number of carbonyl (C=O) groups excluding carboxylic acids is 1. The van der Waals surface area contributed by atoms with Crippen molar-refractivity contribution in [1.82, 2.24) is 0 Å². The second kappa shape index (κ2) is 2.98. The molecule has 0 radical (unpaired) electrons. The van der Waals surface area contributed by atoms with Gasteiger partial charge in [-0.05, 0) is 66.6 Å². The number of rotatable bonds is 1. The first kappa shape index (κ1) is 11.8. The summed E-state index contributed by atoms with van der Waals surface area (Å²) in [6, 6.07) is 0. The van der Waals surface area contributed by atoms with E-state index in [2.05, 4.69) is 12.2 Å². The number of alkyl halides is 1. The molecule has 120 valence electrons. The predicted octanol–water partition coefficient (Wildman–Crippen LogP) is 2.63. The van der Waals surface area contributed by atoms with Crippen LogP contribution in [-0.2, 0) is 9.53 Å². The van der Waals surface area contributed by atoms with Crippen LogP contribution in [0.5, 0.6) is 0 Å². The van der Waals surface area contributed by atoms with Gasteiger partial charge in [0.2, 0.25) is 0 Å². The monoisotopic (exact) mass is 312 g/mol. The van der Waals surface area contributed by atoms with Crippen molar-refractivity contribution < 1.29 is 13.9 Å². The van der Waals surface area contributed by atoms with Crippen molar-refractivity contribution in [2.45, 2.75) is 37.1 Å². The highest BCUT2D eigenvalue weighted by atomic mass is 19.1. The number of allylic oxidation sites excluding steroid dienone is 2. The van der Waals surface area contributed by atoms with E-state index in [-0.39, 0.29) is 17.9 Å². The molecule has 1 heterocycles. The van der Waals surface area contributed by atoms with Gasteiger partial charge in [0.05, 0.1) is 11.5 Å². The van der Waals surface area contributed by atoms with Gasteiger partial charge in [-0.2, -0.15) is 0 Å². The lowest BCUT2D eigenvalue weighted by atomic mass is 9.54. The first-order chi connectivity index (χ1) is 11.2. The summed E-state index contributed by atoms with van der Waals surface area (Å²) in [6.07, 6.45) is 9.03. The van der Waals surface area contributed by atoms with Gasteiger partial charge >= 0.3 is 0 Å². The Morgan fingerprint density at radius 1 is 1.04 bits per heavy atom. The van der Waals surface area contributed by atoms with Crippen LogP contribution in [-0.4, -0.2) is 24.2 Å². The number of hydrogen-bond donors (Lipinski definition) is 0. The second-order valence-electron chi connectivity index (χ2n) is 9.98. The third-order valence-electron chi connectivity index (χ3n) is 10.4. The molecule has 0 aromatic carbocycles. The van der Waals surface area contributed by atoms with Crippen LogP contribution in [0.15, 0.2) is 12.2 Å². The molecule has 2 nitrogen and oxygen atoms in total. The van der Waals surface area contributed by atoms with Gasteiger partial charge in [-0.25, -0.2) is 4.39 Å². The molecule has 1 aliphatic heterocycles. The van der Waals surface area contributed by atoms with E-state index in [0.29, 0.717) is 47.3 Å². The minimum absolute atomic E-state index is 0.188. The van der Waals surface area contributed by atoms with Crippen LogP contribution in [0.2, 0.25) is 0 Å². The van der Waals surface area contributed by atoms with Gasteiger partial charge in [-0.3, -0.25) is 0 Å². The molecule has 8 fully saturated rings. The van der Waals surface area contributed by atoms with Gasteiger partial charge in [-0.15, -0.1) is 0 Å². The second-order valence-corrected chi connectivity index (χ2v) is 9.98. The highest BCUT2D eigenvalue weighted by molar-refractivity contribution is 5.69. The van der Waals surface area contributed by atoms with E-state index in [1.807, 2.05) is 0 Å². The molecule has 14 atom stereocenters. The summed E-state index contributed by atoms with van der Waals surface area (Å²) < 4.78 is 23.3. The lowest BCUT2D eigenvalue weighted by molar-refractivity contribution is -0.251. The smallest absolute Gasteiger partial charge is 0.144 e. The third-order valence-corrected chi connectivity index (χ3v) is 10.4. The Hall–Kier alpha value is -0.700. The molecule has 9 rings (SSSR count). The molecule has 9 bridgehead atoms. The minimum Gasteiger partial charge on any atom is -0.370 e. The van der Waals surface area contributed by atoms with E-state index < -0.39 is 17.2 Å². The molecule has 0 N–H and O–H groups in total. The Balaban J connectivity index is 1.51. The van der Waals surface area contributed by atoms with E-state index in [0.717, 1.165) is 12.8 Å². The summed E-state index contributed by atoms with van der Waals surface area (Å²) >= 11 is 0. The maximum Gasteiger partial charge on any atom is 0.144 e. The molecule has 0 aromatic heterocycles. The van der Waals surface area contributed by atoms with Crippen molar-refractivity contribution >= 4 is 6.29 Å². The zero-order valence-electron chi connectivity index (χ0n) is 13.0. The van der Waals surface area contributed by atoms with Crippen molar-refractivity contribution in [2.24, 2.45) is 64.6 Å². The minimum atomic E-state index is -1.19. The molecule has 8 aliphatic carbocycles. The van der Waals surface area contributed by atoms with Gasteiger partial charge in [0.15, 0.2) is 0 Å². The van der Waals surface area contributed by atoms with Gasteiger partial charge in [0.1, 0.15) is 18.1 Å². The van der Waals surface area contributed by atoms with Crippen LogP contribution < -0.4 is 0 Å². The Morgan fingerprint density at radius 2 is 1.91 bits per heavy atom. The van der Waals surface area contributed by atoms with Crippen LogP contribution in [0.1, 0.15) is 19.3 Å².